The van der Waals surface area contributed by atoms with Crippen molar-refractivity contribution in [2.45, 2.75) is 76.0 Å². The van der Waals surface area contributed by atoms with Gasteiger partial charge in [0.1, 0.15) is 30.0 Å². The van der Waals surface area contributed by atoms with E-state index in [2.05, 4.69) is 26.8 Å². The summed E-state index contributed by atoms with van der Waals surface area (Å²) in [7, 11) is 1.70. The Morgan fingerprint density at radius 2 is 2.06 bits per heavy atom. The molecule has 9 nitrogen and oxygen atoms in total. The first kappa shape index (κ1) is 25.0. The molecule has 2 amide bonds. The van der Waals surface area contributed by atoms with Crippen LogP contribution >= 0.6 is 0 Å². The van der Waals surface area contributed by atoms with Crippen LogP contribution in [0, 0.1) is 11.8 Å². The van der Waals surface area contributed by atoms with Crippen molar-refractivity contribution in [2.75, 3.05) is 53.1 Å². The molecule has 9 heteroatoms. The third-order valence-corrected chi connectivity index (χ3v) is 8.60. The van der Waals surface area contributed by atoms with E-state index in [-0.39, 0.29) is 54.0 Å². The van der Waals surface area contributed by atoms with Crippen molar-refractivity contribution in [3.8, 4) is 0 Å². The predicted octanol–water partition coefficient (Wildman–Crippen LogP) is 2.38. The van der Waals surface area contributed by atoms with Crippen LogP contribution in [0.2, 0.25) is 0 Å². The van der Waals surface area contributed by atoms with Crippen molar-refractivity contribution in [1.29, 1.82) is 0 Å². The highest BCUT2D eigenvalue weighted by atomic mass is 16.6. The molecule has 0 N–H and O–H groups in total. The molecule has 5 rings (SSSR count). The average Bonchev–Trinajstić information content (AvgIpc) is 3.71. The Morgan fingerprint density at radius 1 is 1.29 bits per heavy atom. The van der Waals surface area contributed by atoms with Crippen molar-refractivity contribution < 1.29 is 33.3 Å². The van der Waals surface area contributed by atoms with E-state index in [4.69, 9.17) is 23.7 Å². The van der Waals surface area contributed by atoms with E-state index in [1.54, 1.807) is 12.0 Å². The van der Waals surface area contributed by atoms with Gasteiger partial charge in [-0.05, 0) is 52.4 Å². The molecule has 4 unspecified atom stereocenters. The monoisotopic (exact) mass is 492 g/mol. The Labute approximate surface area is 208 Å². The maximum absolute atomic E-state index is 12.9. The van der Waals surface area contributed by atoms with E-state index in [0.717, 1.165) is 32.2 Å². The van der Waals surface area contributed by atoms with E-state index < -0.39 is 0 Å². The number of rotatable bonds is 8. The molecule has 4 heterocycles. The summed E-state index contributed by atoms with van der Waals surface area (Å²) in [6, 6.07) is 0. The smallest absolute Gasteiger partial charge is 0.410 e. The summed E-state index contributed by atoms with van der Waals surface area (Å²) in [6.07, 6.45) is 4.83. The number of hydrogen-bond donors (Lipinski definition) is 0. The molecule has 0 aromatic heterocycles. The number of allylic oxidation sites excluding steroid dienone is 1. The number of epoxide rings is 2. The Bertz CT molecular complexity index is 849. The first-order chi connectivity index (χ1) is 16.8. The summed E-state index contributed by atoms with van der Waals surface area (Å²) in [6.45, 7) is 10.6. The zero-order chi connectivity index (χ0) is 24.8. The lowest BCUT2D eigenvalue weighted by atomic mass is 9.68. The molecule has 1 saturated carbocycles. The normalized spacial score (nSPS) is 38.8. The number of carbonyl (C=O) groups excluding carboxylic acids is 2. The summed E-state index contributed by atoms with van der Waals surface area (Å²) in [5.74, 6) is 0.476. The number of hydrogen-bond acceptors (Lipinski definition) is 7. The van der Waals surface area contributed by atoms with Crippen LogP contribution in [0.3, 0.4) is 0 Å². The number of ether oxygens (including phenoxy) is 5. The Morgan fingerprint density at radius 3 is 2.71 bits per heavy atom. The molecule has 6 atom stereocenters. The molecular weight excluding hydrogens is 452 g/mol. The van der Waals surface area contributed by atoms with Gasteiger partial charge in [0.05, 0.1) is 25.2 Å². The fraction of sp³-hybridized carbons (Fsp3) is 0.846. The van der Waals surface area contributed by atoms with Crippen molar-refractivity contribution >= 4 is 12.0 Å². The summed E-state index contributed by atoms with van der Waals surface area (Å²) in [5.41, 5.74) is 0.715. The van der Waals surface area contributed by atoms with Crippen molar-refractivity contribution in [3.63, 3.8) is 0 Å². The summed E-state index contributed by atoms with van der Waals surface area (Å²) in [5, 5.41) is 0. The number of nitrogens with zero attached hydrogens (tertiary/aromatic N) is 2. The van der Waals surface area contributed by atoms with E-state index in [9.17, 15) is 9.59 Å². The second kappa shape index (κ2) is 9.65. The Kier molecular flexibility index (Phi) is 6.89. The third kappa shape index (κ3) is 4.97. The van der Waals surface area contributed by atoms with Gasteiger partial charge in [-0.15, -0.1) is 0 Å². The minimum absolute atomic E-state index is 0.0253. The maximum atomic E-state index is 12.9. The van der Waals surface area contributed by atoms with Crippen LogP contribution in [0.4, 0.5) is 4.79 Å². The second-order valence-corrected chi connectivity index (χ2v) is 11.3. The maximum Gasteiger partial charge on any atom is 0.410 e. The van der Waals surface area contributed by atoms with Gasteiger partial charge in [-0.1, -0.05) is 11.6 Å². The standard InChI is InChI=1S/C26H40N2O7/c1-17(2)5-6-20-25(3,35-20)23-22(31-4)19(7-9-26(23)16-33-26)34-24(30)28-13-18(14-28)8-10-27-11-12-32-15-21(27)29/h5,18-20,22-23H,6-16H2,1-4H3/t19?,20-,22?,23?,25+,26?/m1/s1. The lowest BCUT2D eigenvalue weighted by molar-refractivity contribution is -0.143. The van der Waals surface area contributed by atoms with Crippen molar-refractivity contribution in [2.24, 2.45) is 11.8 Å². The molecule has 0 aromatic rings. The van der Waals surface area contributed by atoms with E-state index >= 15 is 0 Å². The third-order valence-electron chi connectivity index (χ3n) is 8.60. The highest BCUT2D eigenvalue weighted by molar-refractivity contribution is 5.78. The lowest BCUT2D eigenvalue weighted by Gasteiger charge is -2.44. The highest BCUT2D eigenvalue weighted by Crippen LogP contribution is 2.59. The fourth-order valence-corrected chi connectivity index (χ4v) is 6.30. The quantitative estimate of drug-likeness (QED) is 0.379. The number of likely N-dealkylation sites (tertiary alicyclic amines) is 1. The number of methoxy groups -OCH3 is 1. The number of amides is 2. The number of carbonyl (C=O) groups is 2. The van der Waals surface area contributed by atoms with Gasteiger partial charge < -0.3 is 33.5 Å². The molecule has 0 aromatic carbocycles. The zero-order valence-electron chi connectivity index (χ0n) is 21.5. The van der Waals surface area contributed by atoms with Crippen LogP contribution in [-0.4, -0.2) is 104 Å². The van der Waals surface area contributed by atoms with Crippen LogP contribution in [0.1, 0.15) is 46.5 Å². The minimum Gasteiger partial charge on any atom is -0.443 e. The van der Waals surface area contributed by atoms with Gasteiger partial charge in [0.15, 0.2) is 0 Å². The molecule has 1 aliphatic carbocycles. The fourth-order valence-electron chi connectivity index (χ4n) is 6.30. The largest absolute Gasteiger partial charge is 0.443 e. The predicted molar refractivity (Wildman–Crippen MR) is 127 cm³/mol. The van der Waals surface area contributed by atoms with E-state index in [1.165, 1.54) is 5.57 Å². The topological polar surface area (TPSA) is 93.4 Å². The van der Waals surface area contributed by atoms with Crippen LogP contribution in [0.5, 0.6) is 0 Å². The zero-order valence-corrected chi connectivity index (χ0v) is 21.5. The molecule has 1 spiro atoms. The Hall–Kier alpha value is -1.68. The SMILES string of the molecule is COC1C(OC(=O)N2CC(CCN3CCOCC3=O)C2)CCC2(CO2)C1[C@@]1(C)O[C@@H]1CC=C(C)C. The van der Waals surface area contributed by atoms with Crippen LogP contribution < -0.4 is 0 Å². The van der Waals surface area contributed by atoms with Crippen molar-refractivity contribution in [1.82, 2.24) is 9.80 Å². The molecule has 4 saturated heterocycles. The van der Waals surface area contributed by atoms with Gasteiger partial charge in [0.25, 0.3) is 0 Å². The van der Waals surface area contributed by atoms with E-state index in [0.29, 0.717) is 38.8 Å². The molecule has 0 bridgehead atoms. The molecule has 5 fully saturated rings. The molecule has 4 aliphatic heterocycles. The molecule has 196 valence electrons. The number of morpholine rings is 1. The van der Waals surface area contributed by atoms with Gasteiger partial charge >= 0.3 is 6.09 Å². The first-order valence-electron chi connectivity index (χ1n) is 13.0. The van der Waals surface area contributed by atoms with Gasteiger partial charge in [0.2, 0.25) is 5.91 Å². The van der Waals surface area contributed by atoms with E-state index in [1.807, 2.05) is 4.90 Å². The van der Waals surface area contributed by atoms with Crippen LogP contribution in [-0.2, 0) is 28.5 Å². The van der Waals surface area contributed by atoms with Gasteiger partial charge in [-0.3, -0.25) is 4.79 Å². The lowest BCUT2D eigenvalue weighted by Crippen LogP contribution is -2.57. The molecule has 35 heavy (non-hydrogen) atoms. The van der Waals surface area contributed by atoms with Crippen molar-refractivity contribution in [3.05, 3.63) is 11.6 Å². The summed E-state index contributed by atoms with van der Waals surface area (Å²) in [4.78, 5) is 28.5. The van der Waals surface area contributed by atoms with Gasteiger partial charge in [0, 0.05) is 33.3 Å². The molecule has 5 aliphatic rings. The molecular formula is C26H40N2O7. The van der Waals surface area contributed by atoms with Crippen LogP contribution in [0.15, 0.2) is 11.6 Å². The molecule has 0 radical (unpaired) electrons. The summed E-state index contributed by atoms with van der Waals surface area (Å²) >= 11 is 0. The Balaban J connectivity index is 1.14. The van der Waals surface area contributed by atoms with Gasteiger partial charge in [-0.2, -0.15) is 0 Å². The van der Waals surface area contributed by atoms with Gasteiger partial charge in [-0.25, -0.2) is 4.79 Å². The average molecular weight is 493 g/mol. The summed E-state index contributed by atoms with van der Waals surface area (Å²) < 4.78 is 29.4. The van der Waals surface area contributed by atoms with Crippen LogP contribution in [0.25, 0.3) is 0 Å². The second-order valence-electron chi connectivity index (χ2n) is 11.3. The highest BCUT2D eigenvalue weighted by Gasteiger charge is 2.72. The minimum atomic E-state index is -0.340. The first-order valence-corrected chi connectivity index (χ1v) is 13.0.